The Kier molecular flexibility index (Phi) is 7.25. The van der Waals surface area contributed by atoms with Gasteiger partial charge < -0.3 is 9.84 Å². The van der Waals surface area contributed by atoms with Crippen LogP contribution in [0.25, 0.3) is 0 Å². The van der Waals surface area contributed by atoms with Crippen molar-refractivity contribution in [2.75, 3.05) is 7.11 Å². The Balaban J connectivity index is 2.47. The van der Waals surface area contributed by atoms with Crippen molar-refractivity contribution in [2.45, 2.75) is 70.3 Å². The molecule has 0 aromatic rings. The van der Waals surface area contributed by atoms with E-state index in [0.29, 0.717) is 0 Å². The van der Waals surface area contributed by atoms with Gasteiger partial charge in [0.2, 0.25) is 0 Å². The molecule has 0 unspecified atom stereocenters. The van der Waals surface area contributed by atoms with Gasteiger partial charge in [0.05, 0.1) is 19.1 Å². The summed E-state index contributed by atoms with van der Waals surface area (Å²) >= 11 is 0. The molecule has 0 aromatic carbocycles. The zero-order chi connectivity index (χ0) is 12.5. The van der Waals surface area contributed by atoms with Gasteiger partial charge in [0.15, 0.2) is 0 Å². The van der Waals surface area contributed by atoms with Gasteiger partial charge in [0, 0.05) is 0 Å². The predicted molar refractivity (Wildman–Crippen MR) is 67.7 cm³/mol. The van der Waals surface area contributed by atoms with E-state index >= 15 is 0 Å². The first-order valence-corrected chi connectivity index (χ1v) is 7.01. The van der Waals surface area contributed by atoms with Gasteiger partial charge in [-0.05, 0) is 12.8 Å². The second-order valence-corrected chi connectivity index (χ2v) is 5.10. The molecule has 0 spiro atoms. The summed E-state index contributed by atoms with van der Waals surface area (Å²) in [4.78, 5) is 11.6. The van der Waals surface area contributed by atoms with Gasteiger partial charge in [-0.2, -0.15) is 0 Å². The lowest BCUT2D eigenvalue weighted by Gasteiger charge is -2.21. The number of ether oxygens (including phenoxy) is 1. The molecule has 0 aliphatic heterocycles. The summed E-state index contributed by atoms with van der Waals surface area (Å²) in [6, 6.07) is 0. The number of aliphatic hydroxyl groups is 1. The number of methoxy groups -OCH3 is 1. The van der Waals surface area contributed by atoms with E-state index in [0.717, 1.165) is 25.7 Å². The lowest BCUT2D eigenvalue weighted by atomic mass is 9.90. The van der Waals surface area contributed by atoms with Crippen LogP contribution < -0.4 is 0 Å². The zero-order valence-electron chi connectivity index (χ0n) is 11.0. The molecule has 1 aliphatic carbocycles. The average Bonchev–Trinajstić information content (AvgIpc) is 2.33. The van der Waals surface area contributed by atoms with E-state index in [1.807, 2.05) is 0 Å². The second kappa shape index (κ2) is 8.51. The van der Waals surface area contributed by atoms with E-state index in [9.17, 15) is 9.90 Å². The minimum Gasteiger partial charge on any atom is -0.469 e. The zero-order valence-corrected chi connectivity index (χ0v) is 11.0. The Morgan fingerprint density at radius 3 is 1.94 bits per heavy atom. The van der Waals surface area contributed by atoms with Crippen molar-refractivity contribution in [3.8, 4) is 0 Å². The molecule has 3 heteroatoms. The van der Waals surface area contributed by atoms with Crippen molar-refractivity contribution in [1.29, 1.82) is 0 Å². The molecular formula is C14H26O3. The lowest BCUT2D eigenvalue weighted by Crippen LogP contribution is -2.29. The summed E-state index contributed by atoms with van der Waals surface area (Å²) in [5.74, 6) is -0.547. The molecule has 0 aromatic heterocycles. The first kappa shape index (κ1) is 14.5. The SMILES string of the molecule is COC(=O)[C@@H]1CCCCCCCCCC[C@H]1O. The predicted octanol–water partition coefficient (Wildman–Crippen LogP) is 3.05. The van der Waals surface area contributed by atoms with Gasteiger partial charge in [0.25, 0.3) is 0 Å². The van der Waals surface area contributed by atoms with Crippen molar-refractivity contribution in [2.24, 2.45) is 5.92 Å². The fraction of sp³-hybridized carbons (Fsp3) is 0.929. The maximum Gasteiger partial charge on any atom is 0.311 e. The highest BCUT2D eigenvalue weighted by atomic mass is 16.5. The van der Waals surface area contributed by atoms with Crippen LogP contribution in [0.15, 0.2) is 0 Å². The Morgan fingerprint density at radius 1 is 0.941 bits per heavy atom. The minimum absolute atomic E-state index is 0.241. The molecular weight excluding hydrogens is 216 g/mol. The molecule has 1 fully saturated rings. The summed E-state index contributed by atoms with van der Waals surface area (Å²) < 4.78 is 4.79. The molecule has 100 valence electrons. The van der Waals surface area contributed by atoms with Gasteiger partial charge in [-0.1, -0.05) is 51.4 Å². The molecule has 1 rings (SSSR count). The van der Waals surface area contributed by atoms with Gasteiger partial charge in [-0.3, -0.25) is 4.79 Å². The Bertz CT molecular complexity index is 216. The quantitative estimate of drug-likeness (QED) is 0.719. The summed E-state index contributed by atoms with van der Waals surface area (Å²) in [6.07, 6.45) is 10.5. The van der Waals surface area contributed by atoms with Crippen LogP contribution >= 0.6 is 0 Å². The van der Waals surface area contributed by atoms with Crippen molar-refractivity contribution in [1.82, 2.24) is 0 Å². The normalized spacial score (nSPS) is 28.8. The Hall–Kier alpha value is -0.570. The average molecular weight is 242 g/mol. The number of rotatable bonds is 1. The van der Waals surface area contributed by atoms with Crippen molar-refractivity contribution in [3.05, 3.63) is 0 Å². The van der Waals surface area contributed by atoms with Crippen LogP contribution in [0.4, 0.5) is 0 Å². The summed E-state index contributed by atoms with van der Waals surface area (Å²) in [5.41, 5.74) is 0. The molecule has 0 heterocycles. The van der Waals surface area contributed by atoms with E-state index < -0.39 is 6.10 Å². The number of hydrogen-bond donors (Lipinski definition) is 1. The van der Waals surface area contributed by atoms with Crippen molar-refractivity contribution < 1.29 is 14.6 Å². The van der Waals surface area contributed by atoms with Gasteiger partial charge in [-0.15, -0.1) is 0 Å². The molecule has 2 atom stereocenters. The smallest absolute Gasteiger partial charge is 0.311 e. The largest absolute Gasteiger partial charge is 0.469 e. The van der Waals surface area contributed by atoms with E-state index in [2.05, 4.69) is 0 Å². The second-order valence-electron chi connectivity index (χ2n) is 5.10. The standard InChI is InChI=1S/C14H26O3/c1-17-14(16)12-10-8-6-4-2-3-5-7-9-11-13(12)15/h12-13,15H,2-11H2,1H3/t12-,13-/m1/s1. The third-order valence-electron chi connectivity index (χ3n) is 3.73. The van der Waals surface area contributed by atoms with Gasteiger partial charge >= 0.3 is 5.97 Å². The maximum absolute atomic E-state index is 11.6. The van der Waals surface area contributed by atoms with Crippen LogP contribution in [0.2, 0.25) is 0 Å². The molecule has 0 saturated heterocycles. The van der Waals surface area contributed by atoms with Crippen LogP contribution in [0.5, 0.6) is 0 Å². The fourth-order valence-corrected chi connectivity index (χ4v) is 2.60. The van der Waals surface area contributed by atoms with Crippen LogP contribution in [-0.2, 0) is 9.53 Å². The topological polar surface area (TPSA) is 46.5 Å². The van der Waals surface area contributed by atoms with Crippen molar-refractivity contribution in [3.63, 3.8) is 0 Å². The van der Waals surface area contributed by atoms with Crippen LogP contribution in [0.1, 0.15) is 64.2 Å². The Morgan fingerprint density at radius 2 is 1.41 bits per heavy atom. The highest BCUT2D eigenvalue weighted by molar-refractivity contribution is 5.72. The number of hydrogen-bond acceptors (Lipinski definition) is 3. The summed E-state index contributed by atoms with van der Waals surface area (Å²) in [7, 11) is 1.41. The summed E-state index contributed by atoms with van der Waals surface area (Å²) in [6.45, 7) is 0. The number of carbonyl (C=O) groups is 1. The maximum atomic E-state index is 11.6. The third kappa shape index (κ3) is 5.53. The minimum atomic E-state index is -0.512. The van der Waals surface area contributed by atoms with Gasteiger partial charge in [0.1, 0.15) is 0 Å². The molecule has 1 saturated carbocycles. The molecule has 1 aliphatic rings. The van der Waals surface area contributed by atoms with Crippen molar-refractivity contribution >= 4 is 5.97 Å². The lowest BCUT2D eigenvalue weighted by molar-refractivity contribution is -0.150. The molecule has 0 radical (unpaired) electrons. The Labute approximate surface area is 105 Å². The molecule has 0 bridgehead atoms. The number of aliphatic hydroxyl groups excluding tert-OH is 1. The first-order chi connectivity index (χ1) is 8.25. The monoisotopic (exact) mass is 242 g/mol. The van der Waals surface area contributed by atoms with Gasteiger partial charge in [-0.25, -0.2) is 0 Å². The third-order valence-corrected chi connectivity index (χ3v) is 3.73. The van der Waals surface area contributed by atoms with Crippen LogP contribution in [0.3, 0.4) is 0 Å². The fourth-order valence-electron chi connectivity index (χ4n) is 2.60. The highest BCUT2D eigenvalue weighted by Crippen LogP contribution is 2.22. The molecule has 1 N–H and O–H groups in total. The summed E-state index contributed by atoms with van der Waals surface area (Å²) in [5, 5.41) is 10.1. The molecule has 17 heavy (non-hydrogen) atoms. The van der Waals surface area contributed by atoms with Crippen LogP contribution in [-0.4, -0.2) is 24.3 Å². The van der Waals surface area contributed by atoms with E-state index in [4.69, 9.17) is 4.74 Å². The van der Waals surface area contributed by atoms with E-state index in [1.54, 1.807) is 0 Å². The molecule has 0 amide bonds. The van der Waals surface area contributed by atoms with E-state index in [-0.39, 0.29) is 11.9 Å². The number of esters is 1. The van der Waals surface area contributed by atoms with E-state index in [1.165, 1.54) is 45.6 Å². The van der Waals surface area contributed by atoms with Crippen LogP contribution in [0, 0.1) is 5.92 Å². The molecule has 3 nitrogen and oxygen atoms in total. The number of carbonyl (C=O) groups excluding carboxylic acids is 1. The highest BCUT2D eigenvalue weighted by Gasteiger charge is 2.26. The first-order valence-electron chi connectivity index (χ1n) is 7.01.